The van der Waals surface area contributed by atoms with Gasteiger partial charge in [-0.1, -0.05) is 6.07 Å². The van der Waals surface area contributed by atoms with Gasteiger partial charge >= 0.3 is 0 Å². The SMILES string of the molecule is Fc1cnc(N2CC3(CC(Oc4ccccn4)CCO3)C2)nc1. The first-order valence-corrected chi connectivity index (χ1v) is 7.67. The van der Waals surface area contributed by atoms with Gasteiger partial charge in [0.1, 0.15) is 11.7 Å². The van der Waals surface area contributed by atoms with Gasteiger partial charge in [-0.15, -0.1) is 0 Å². The van der Waals surface area contributed by atoms with E-state index in [1.807, 2.05) is 23.1 Å². The molecule has 0 aromatic carbocycles. The second-order valence-electron chi connectivity index (χ2n) is 5.99. The Hall–Kier alpha value is -2.28. The molecule has 0 N–H and O–H groups in total. The Morgan fingerprint density at radius 1 is 1.22 bits per heavy atom. The molecule has 4 rings (SSSR count). The summed E-state index contributed by atoms with van der Waals surface area (Å²) < 4.78 is 24.8. The van der Waals surface area contributed by atoms with Crippen LogP contribution in [0.15, 0.2) is 36.8 Å². The van der Waals surface area contributed by atoms with E-state index in [1.54, 1.807) is 6.20 Å². The Balaban J connectivity index is 1.38. The highest BCUT2D eigenvalue weighted by Crippen LogP contribution is 2.36. The molecule has 1 atom stereocenters. The minimum absolute atomic E-state index is 0.0925. The summed E-state index contributed by atoms with van der Waals surface area (Å²) in [6, 6.07) is 5.64. The molecule has 0 radical (unpaired) electrons. The molecule has 6 nitrogen and oxygen atoms in total. The van der Waals surface area contributed by atoms with Gasteiger partial charge < -0.3 is 14.4 Å². The van der Waals surface area contributed by atoms with Crippen molar-refractivity contribution in [3.63, 3.8) is 0 Å². The van der Waals surface area contributed by atoms with Crippen LogP contribution in [0.4, 0.5) is 10.3 Å². The monoisotopic (exact) mass is 316 g/mol. The van der Waals surface area contributed by atoms with Crippen LogP contribution in [0.5, 0.6) is 5.88 Å². The Morgan fingerprint density at radius 2 is 2.04 bits per heavy atom. The van der Waals surface area contributed by atoms with E-state index in [4.69, 9.17) is 9.47 Å². The van der Waals surface area contributed by atoms with Crippen molar-refractivity contribution in [2.75, 3.05) is 24.6 Å². The van der Waals surface area contributed by atoms with Gasteiger partial charge in [0.05, 0.1) is 32.1 Å². The van der Waals surface area contributed by atoms with Gasteiger partial charge in [-0.2, -0.15) is 0 Å². The summed E-state index contributed by atoms with van der Waals surface area (Å²) in [5.41, 5.74) is -0.227. The number of ether oxygens (including phenoxy) is 2. The molecular weight excluding hydrogens is 299 g/mol. The number of halogens is 1. The number of hydrogen-bond donors (Lipinski definition) is 0. The second-order valence-corrected chi connectivity index (χ2v) is 5.99. The van der Waals surface area contributed by atoms with E-state index in [2.05, 4.69) is 15.0 Å². The van der Waals surface area contributed by atoms with E-state index < -0.39 is 5.82 Å². The van der Waals surface area contributed by atoms with E-state index in [-0.39, 0.29) is 11.7 Å². The van der Waals surface area contributed by atoms with Gasteiger partial charge in [0, 0.05) is 25.1 Å². The molecule has 7 heteroatoms. The zero-order valence-electron chi connectivity index (χ0n) is 12.6. The molecule has 1 unspecified atom stereocenters. The molecule has 120 valence electrons. The van der Waals surface area contributed by atoms with Crippen molar-refractivity contribution in [2.45, 2.75) is 24.5 Å². The molecule has 0 saturated carbocycles. The predicted molar refractivity (Wildman–Crippen MR) is 80.8 cm³/mol. The Kier molecular flexibility index (Phi) is 3.57. The van der Waals surface area contributed by atoms with Crippen LogP contribution in [-0.4, -0.2) is 46.4 Å². The van der Waals surface area contributed by atoms with Crippen molar-refractivity contribution >= 4 is 5.95 Å². The topological polar surface area (TPSA) is 60.4 Å². The van der Waals surface area contributed by atoms with Gasteiger partial charge in [-0.3, -0.25) is 0 Å². The zero-order chi connectivity index (χ0) is 15.7. The van der Waals surface area contributed by atoms with Crippen LogP contribution in [-0.2, 0) is 4.74 Å². The van der Waals surface area contributed by atoms with Gasteiger partial charge in [0.15, 0.2) is 5.82 Å². The van der Waals surface area contributed by atoms with Crippen LogP contribution in [0.2, 0.25) is 0 Å². The Morgan fingerprint density at radius 3 is 2.78 bits per heavy atom. The summed E-state index contributed by atoms with van der Waals surface area (Å²) in [4.78, 5) is 14.2. The summed E-state index contributed by atoms with van der Waals surface area (Å²) >= 11 is 0. The smallest absolute Gasteiger partial charge is 0.225 e. The molecule has 0 aliphatic carbocycles. The molecule has 4 heterocycles. The molecular formula is C16H17FN4O2. The van der Waals surface area contributed by atoms with Gasteiger partial charge in [-0.25, -0.2) is 19.3 Å². The molecule has 2 saturated heterocycles. The number of nitrogens with zero attached hydrogens (tertiary/aromatic N) is 4. The van der Waals surface area contributed by atoms with E-state index >= 15 is 0 Å². The third-order valence-corrected chi connectivity index (χ3v) is 4.22. The van der Waals surface area contributed by atoms with Crippen LogP contribution in [0.1, 0.15) is 12.8 Å². The maximum atomic E-state index is 12.9. The van der Waals surface area contributed by atoms with Gasteiger partial charge in [0.2, 0.25) is 11.8 Å². The summed E-state index contributed by atoms with van der Waals surface area (Å²) in [6.45, 7) is 2.05. The maximum absolute atomic E-state index is 12.9. The molecule has 0 bridgehead atoms. The highest BCUT2D eigenvalue weighted by atomic mass is 19.1. The molecule has 23 heavy (non-hydrogen) atoms. The molecule has 2 aromatic heterocycles. The molecule has 2 aliphatic heterocycles. The van der Waals surface area contributed by atoms with Crippen molar-refractivity contribution in [1.82, 2.24) is 15.0 Å². The first kappa shape index (κ1) is 14.3. The Bertz CT molecular complexity index is 662. The van der Waals surface area contributed by atoms with E-state index in [1.165, 1.54) is 12.4 Å². The van der Waals surface area contributed by atoms with Crippen molar-refractivity contribution in [3.05, 3.63) is 42.6 Å². The van der Waals surface area contributed by atoms with Crippen LogP contribution >= 0.6 is 0 Å². The van der Waals surface area contributed by atoms with Crippen molar-refractivity contribution in [1.29, 1.82) is 0 Å². The fourth-order valence-electron chi connectivity index (χ4n) is 3.15. The lowest BCUT2D eigenvalue weighted by molar-refractivity contribution is -0.127. The quantitative estimate of drug-likeness (QED) is 0.861. The lowest BCUT2D eigenvalue weighted by atomic mass is 9.85. The average molecular weight is 316 g/mol. The summed E-state index contributed by atoms with van der Waals surface area (Å²) in [5, 5.41) is 0. The fraction of sp³-hybridized carbons (Fsp3) is 0.438. The first-order valence-electron chi connectivity index (χ1n) is 7.67. The lowest BCUT2D eigenvalue weighted by Crippen LogP contribution is -2.66. The van der Waals surface area contributed by atoms with Crippen LogP contribution < -0.4 is 9.64 Å². The average Bonchev–Trinajstić information content (AvgIpc) is 2.55. The number of rotatable bonds is 3. The molecule has 2 fully saturated rings. The minimum Gasteiger partial charge on any atom is -0.474 e. The summed E-state index contributed by atoms with van der Waals surface area (Å²) in [6.07, 6.45) is 5.84. The maximum Gasteiger partial charge on any atom is 0.225 e. The summed E-state index contributed by atoms with van der Waals surface area (Å²) in [5.74, 6) is 0.753. The Labute approximate surface area is 133 Å². The number of pyridine rings is 1. The standard InChI is InChI=1S/C16H17FN4O2/c17-12-8-19-15(20-9-12)21-10-16(11-21)7-13(4-6-22-16)23-14-3-1-2-5-18-14/h1-3,5,8-9,13H,4,6-7,10-11H2. The summed E-state index contributed by atoms with van der Waals surface area (Å²) in [7, 11) is 0. The van der Waals surface area contributed by atoms with Crippen LogP contribution in [0.25, 0.3) is 0 Å². The van der Waals surface area contributed by atoms with Gasteiger partial charge in [-0.05, 0) is 6.07 Å². The highest BCUT2D eigenvalue weighted by molar-refractivity contribution is 5.37. The van der Waals surface area contributed by atoms with Gasteiger partial charge in [0.25, 0.3) is 0 Å². The van der Waals surface area contributed by atoms with Crippen molar-refractivity contribution < 1.29 is 13.9 Å². The van der Waals surface area contributed by atoms with Crippen LogP contribution in [0, 0.1) is 5.82 Å². The van der Waals surface area contributed by atoms with Crippen LogP contribution in [0.3, 0.4) is 0 Å². The predicted octanol–water partition coefficient (Wildman–Crippen LogP) is 1.83. The third kappa shape index (κ3) is 2.96. The lowest BCUT2D eigenvalue weighted by Gasteiger charge is -2.52. The largest absolute Gasteiger partial charge is 0.474 e. The molecule has 2 aliphatic rings. The zero-order valence-corrected chi connectivity index (χ0v) is 12.6. The third-order valence-electron chi connectivity index (χ3n) is 4.22. The normalized spacial score (nSPS) is 22.7. The minimum atomic E-state index is -0.429. The number of anilines is 1. The van der Waals surface area contributed by atoms with Crippen molar-refractivity contribution in [3.8, 4) is 5.88 Å². The van der Waals surface area contributed by atoms with E-state index in [0.717, 1.165) is 12.8 Å². The fourth-order valence-corrected chi connectivity index (χ4v) is 3.15. The first-order chi connectivity index (χ1) is 11.2. The van der Waals surface area contributed by atoms with Crippen molar-refractivity contribution in [2.24, 2.45) is 0 Å². The molecule has 2 aromatic rings. The number of hydrogen-bond acceptors (Lipinski definition) is 6. The second kappa shape index (κ2) is 5.73. The van der Waals surface area contributed by atoms with E-state index in [9.17, 15) is 4.39 Å². The molecule has 1 spiro atoms. The number of aromatic nitrogens is 3. The van der Waals surface area contributed by atoms with E-state index in [0.29, 0.717) is 31.5 Å². The highest BCUT2D eigenvalue weighted by Gasteiger charge is 2.49. The molecule has 0 amide bonds.